The van der Waals surface area contributed by atoms with Gasteiger partial charge in [-0.05, 0) is 44.6 Å². The molecule has 0 fully saturated rings. The average Bonchev–Trinajstić information content (AvgIpc) is 2.48. The molecule has 0 saturated heterocycles. The Bertz CT molecular complexity index is 542. The van der Waals surface area contributed by atoms with Gasteiger partial charge < -0.3 is 10.2 Å². The zero-order valence-electron chi connectivity index (χ0n) is 13.6. The molecule has 0 saturated carbocycles. The Morgan fingerprint density at radius 3 is 2.00 bits per heavy atom. The molecule has 2 rings (SSSR count). The molecule has 0 amide bonds. The van der Waals surface area contributed by atoms with E-state index >= 15 is 0 Å². The number of nitrogens with zero attached hydrogens (tertiary/aromatic N) is 1. The van der Waals surface area contributed by atoms with E-state index in [4.69, 9.17) is 0 Å². The van der Waals surface area contributed by atoms with Gasteiger partial charge in [0.2, 0.25) is 0 Å². The number of hydrogen-bond acceptors (Lipinski definition) is 2. The van der Waals surface area contributed by atoms with Crippen molar-refractivity contribution in [2.24, 2.45) is 0 Å². The lowest BCUT2D eigenvalue weighted by Crippen LogP contribution is -2.46. The Balaban J connectivity index is 1.92. The molecule has 21 heavy (non-hydrogen) atoms. The van der Waals surface area contributed by atoms with Crippen molar-refractivity contribution in [3.63, 3.8) is 0 Å². The van der Waals surface area contributed by atoms with E-state index in [1.165, 1.54) is 16.7 Å². The lowest BCUT2D eigenvalue weighted by molar-refractivity contribution is 0.190. The minimum atomic E-state index is 0.171. The molecule has 1 N–H and O–H groups in total. The number of hydrogen-bond donors (Lipinski definition) is 1. The summed E-state index contributed by atoms with van der Waals surface area (Å²) in [4.78, 5) is 2.25. The summed E-state index contributed by atoms with van der Waals surface area (Å²) in [5.41, 5.74) is 4.03. The van der Waals surface area contributed by atoms with Gasteiger partial charge in [-0.2, -0.15) is 0 Å². The summed E-state index contributed by atoms with van der Waals surface area (Å²) in [6.07, 6.45) is 0. The fourth-order valence-electron chi connectivity index (χ4n) is 2.12. The molecule has 112 valence electrons. The van der Waals surface area contributed by atoms with Gasteiger partial charge in [-0.25, -0.2) is 0 Å². The van der Waals surface area contributed by atoms with E-state index in [1.807, 2.05) is 6.07 Å². The molecule has 0 bridgehead atoms. The van der Waals surface area contributed by atoms with Crippen LogP contribution in [0.5, 0.6) is 0 Å². The topological polar surface area (TPSA) is 15.3 Å². The van der Waals surface area contributed by atoms with Crippen LogP contribution in [0.25, 0.3) is 11.1 Å². The first kappa shape index (κ1) is 15.7. The third kappa shape index (κ3) is 4.42. The summed E-state index contributed by atoms with van der Waals surface area (Å²) in [5.74, 6) is 0. The highest BCUT2D eigenvalue weighted by molar-refractivity contribution is 5.63. The predicted molar refractivity (Wildman–Crippen MR) is 91.4 cm³/mol. The number of benzene rings is 2. The van der Waals surface area contributed by atoms with Gasteiger partial charge in [-0.15, -0.1) is 0 Å². The second-order valence-electron chi connectivity index (χ2n) is 6.37. The van der Waals surface area contributed by atoms with Crippen LogP contribution in [-0.2, 0) is 6.54 Å². The zero-order valence-corrected chi connectivity index (χ0v) is 13.6. The van der Waals surface area contributed by atoms with Crippen LogP contribution < -0.4 is 5.32 Å². The first-order valence-corrected chi connectivity index (χ1v) is 7.51. The molecule has 0 spiro atoms. The normalized spacial score (nSPS) is 11.9. The molecule has 0 aliphatic rings. The lowest BCUT2D eigenvalue weighted by atomic mass is 10.0. The molecule has 0 aliphatic heterocycles. The van der Waals surface area contributed by atoms with Crippen molar-refractivity contribution in [2.45, 2.75) is 25.9 Å². The van der Waals surface area contributed by atoms with Gasteiger partial charge in [-0.3, -0.25) is 0 Å². The zero-order chi connectivity index (χ0) is 15.3. The van der Waals surface area contributed by atoms with Crippen molar-refractivity contribution in [2.75, 3.05) is 20.6 Å². The van der Waals surface area contributed by atoms with Crippen LogP contribution in [0.2, 0.25) is 0 Å². The second-order valence-corrected chi connectivity index (χ2v) is 6.37. The van der Waals surface area contributed by atoms with Gasteiger partial charge in [0.05, 0.1) is 0 Å². The predicted octanol–water partition coefficient (Wildman–Crippen LogP) is 3.78. The largest absolute Gasteiger partial charge is 0.311 e. The Morgan fingerprint density at radius 2 is 1.43 bits per heavy atom. The summed E-state index contributed by atoms with van der Waals surface area (Å²) in [6.45, 7) is 6.38. The van der Waals surface area contributed by atoms with E-state index in [0.29, 0.717) is 0 Å². The minimum Gasteiger partial charge on any atom is -0.311 e. The number of rotatable bonds is 6. The maximum Gasteiger partial charge on any atom is 0.0271 e. The van der Waals surface area contributed by atoms with Crippen molar-refractivity contribution in [1.29, 1.82) is 0 Å². The smallest absolute Gasteiger partial charge is 0.0271 e. The molecule has 0 aromatic heterocycles. The third-order valence-corrected chi connectivity index (χ3v) is 4.16. The molecule has 0 atom stereocenters. The molecular formula is C19H26N2. The first-order chi connectivity index (χ1) is 9.99. The summed E-state index contributed by atoms with van der Waals surface area (Å²) < 4.78 is 0. The molecule has 2 nitrogen and oxygen atoms in total. The van der Waals surface area contributed by atoms with Crippen molar-refractivity contribution < 1.29 is 0 Å². The van der Waals surface area contributed by atoms with E-state index < -0.39 is 0 Å². The molecule has 0 unspecified atom stereocenters. The summed E-state index contributed by atoms with van der Waals surface area (Å²) in [5, 5.41) is 3.54. The Labute approximate surface area is 128 Å². The van der Waals surface area contributed by atoms with Crippen LogP contribution in [0, 0.1) is 0 Å². The second kappa shape index (κ2) is 6.88. The first-order valence-electron chi connectivity index (χ1n) is 7.51. The van der Waals surface area contributed by atoms with Crippen LogP contribution in [-0.4, -0.2) is 31.1 Å². The van der Waals surface area contributed by atoms with Gasteiger partial charge in [0, 0.05) is 18.6 Å². The lowest BCUT2D eigenvalue weighted by Gasteiger charge is -2.32. The third-order valence-electron chi connectivity index (χ3n) is 4.16. The van der Waals surface area contributed by atoms with Crippen LogP contribution in [0.3, 0.4) is 0 Å². The highest BCUT2D eigenvalue weighted by Gasteiger charge is 2.19. The fourth-order valence-corrected chi connectivity index (χ4v) is 2.12. The Kier molecular flexibility index (Phi) is 5.16. The molecule has 2 heteroatoms. The molecule has 0 aliphatic carbocycles. The monoisotopic (exact) mass is 282 g/mol. The van der Waals surface area contributed by atoms with Gasteiger partial charge in [-0.1, -0.05) is 54.6 Å². The maximum absolute atomic E-state index is 3.54. The fraction of sp³-hybridized carbons (Fsp3) is 0.368. The summed E-state index contributed by atoms with van der Waals surface area (Å²) >= 11 is 0. The van der Waals surface area contributed by atoms with E-state index in [1.54, 1.807) is 0 Å². The van der Waals surface area contributed by atoms with E-state index in [2.05, 4.69) is 86.7 Å². The summed E-state index contributed by atoms with van der Waals surface area (Å²) in [6, 6.07) is 19.3. The van der Waals surface area contributed by atoms with E-state index in [9.17, 15) is 0 Å². The molecule has 0 heterocycles. The highest BCUT2D eigenvalue weighted by atomic mass is 15.2. The van der Waals surface area contributed by atoms with Gasteiger partial charge in [0.1, 0.15) is 0 Å². The highest BCUT2D eigenvalue weighted by Crippen LogP contribution is 2.19. The molecule has 2 aromatic rings. The van der Waals surface area contributed by atoms with E-state index in [0.717, 1.165) is 13.1 Å². The Hall–Kier alpha value is -1.64. The molecular weight excluding hydrogens is 256 g/mol. The van der Waals surface area contributed by atoms with Crippen LogP contribution in [0.15, 0.2) is 54.6 Å². The van der Waals surface area contributed by atoms with Crippen LogP contribution in [0.1, 0.15) is 19.4 Å². The molecule has 2 aromatic carbocycles. The van der Waals surface area contributed by atoms with Crippen molar-refractivity contribution in [3.8, 4) is 11.1 Å². The average molecular weight is 282 g/mol. The molecule has 0 radical (unpaired) electrons. The maximum atomic E-state index is 3.54. The van der Waals surface area contributed by atoms with Gasteiger partial charge >= 0.3 is 0 Å². The Morgan fingerprint density at radius 1 is 0.857 bits per heavy atom. The quantitative estimate of drug-likeness (QED) is 0.867. The van der Waals surface area contributed by atoms with Crippen molar-refractivity contribution in [1.82, 2.24) is 10.2 Å². The standard InChI is InChI=1S/C19H26N2/c1-19(2,21(3)4)15-20-14-16-10-12-18(13-11-16)17-8-6-5-7-9-17/h5-13,20H,14-15H2,1-4H3. The van der Waals surface area contributed by atoms with Crippen molar-refractivity contribution >= 4 is 0 Å². The van der Waals surface area contributed by atoms with Gasteiger partial charge in [0.15, 0.2) is 0 Å². The summed E-state index contributed by atoms with van der Waals surface area (Å²) in [7, 11) is 4.24. The SMILES string of the molecule is CN(C)C(C)(C)CNCc1ccc(-c2ccccc2)cc1. The van der Waals surface area contributed by atoms with Gasteiger partial charge in [0.25, 0.3) is 0 Å². The number of nitrogens with one attached hydrogen (secondary N) is 1. The number of likely N-dealkylation sites (N-methyl/N-ethyl adjacent to an activating group) is 1. The van der Waals surface area contributed by atoms with Crippen molar-refractivity contribution in [3.05, 3.63) is 60.2 Å². The van der Waals surface area contributed by atoms with Crippen LogP contribution >= 0.6 is 0 Å². The van der Waals surface area contributed by atoms with Crippen LogP contribution in [0.4, 0.5) is 0 Å². The minimum absolute atomic E-state index is 0.171. The van der Waals surface area contributed by atoms with E-state index in [-0.39, 0.29) is 5.54 Å².